The van der Waals surface area contributed by atoms with E-state index < -0.39 is 54.4 Å². The molecule has 1 aromatic carbocycles. The molecule has 0 bridgehead atoms. The molecule has 0 aliphatic heterocycles. The number of hydrogen-bond donors (Lipinski definition) is 0. The number of Topliss-reactive ketones (excluding diaryl/α,β-unsaturated/α-hetero) is 1. The van der Waals surface area contributed by atoms with Gasteiger partial charge in [0, 0.05) is 25.6 Å². The van der Waals surface area contributed by atoms with Crippen molar-refractivity contribution >= 4 is 17.7 Å². The molecule has 43 heavy (non-hydrogen) atoms. The van der Waals surface area contributed by atoms with Gasteiger partial charge in [-0.2, -0.15) is 13.2 Å². The van der Waals surface area contributed by atoms with Gasteiger partial charge in [0.1, 0.15) is 18.0 Å². The highest BCUT2D eigenvalue weighted by Gasteiger charge is 2.35. The van der Waals surface area contributed by atoms with E-state index in [2.05, 4.69) is 4.98 Å². The van der Waals surface area contributed by atoms with E-state index in [1.54, 1.807) is 20.8 Å². The van der Waals surface area contributed by atoms with Crippen LogP contribution in [0.3, 0.4) is 0 Å². The summed E-state index contributed by atoms with van der Waals surface area (Å²) in [6, 6.07) is 5.83. The number of esters is 2. The van der Waals surface area contributed by atoms with Crippen molar-refractivity contribution in [1.82, 2.24) is 4.98 Å². The molecule has 1 heterocycles. The van der Waals surface area contributed by atoms with E-state index in [9.17, 15) is 27.6 Å². The third-order valence-electron chi connectivity index (χ3n) is 7.06. The van der Waals surface area contributed by atoms with Gasteiger partial charge in [-0.1, -0.05) is 27.7 Å². The number of benzene rings is 1. The first-order chi connectivity index (χ1) is 20.2. The number of carbonyl (C=O) groups excluding carboxylic acids is 3. The van der Waals surface area contributed by atoms with E-state index in [0.717, 1.165) is 12.1 Å². The van der Waals surface area contributed by atoms with Crippen molar-refractivity contribution in [3.63, 3.8) is 0 Å². The minimum absolute atomic E-state index is 0.0285. The quantitative estimate of drug-likeness (QED) is 0.117. The fraction of sp³-hybridized carbons (Fsp3) is 0.548. The Labute approximate surface area is 250 Å². The Bertz CT molecular complexity index is 1210. The second-order valence-electron chi connectivity index (χ2n) is 10.4. The Balaban J connectivity index is 2.25. The van der Waals surface area contributed by atoms with Gasteiger partial charge >= 0.3 is 18.1 Å². The smallest absolute Gasteiger partial charge is 0.416 e. The molecule has 2 aromatic rings. The Kier molecular flexibility index (Phi) is 13.3. The molecule has 3 atom stereocenters. The molecular weight excluding hydrogens is 571 g/mol. The summed E-state index contributed by atoms with van der Waals surface area (Å²) in [5.41, 5.74) is -0.896. The minimum atomic E-state index is -4.48. The Morgan fingerprint density at radius 2 is 1.60 bits per heavy atom. The van der Waals surface area contributed by atoms with Crippen LogP contribution in [0.2, 0.25) is 0 Å². The van der Waals surface area contributed by atoms with Gasteiger partial charge in [-0.3, -0.25) is 14.4 Å². The van der Waals surface area contributed by atoms with Crippen LogP contribution in [0, 0.1) is 17.8 Å². The van der Waals surface area contributed by atoms with E-state index in [-0.39, 0.29) is 41.2 Å². The summed E-state index contributed by atoms with van der Waals surface area (Å²) in [5, 5.41) is 0. The number of alkyl halides is 3. The summed E-state index contributed by atoms with van der Waals surface area (Å²) in [6.07, 6.45) is -3.47. The van der Waals surface area contributed by atoms with Crippen molar-refractivity contribution in [2.45, 2.75) is 79.2 Å². The molecule has 0 saturated carbocycles. The SMILES string of the molecule is CCC(CC)[C@@H](Oc1ccc(C(F)(F)F)cc1)[C@H](C)OC(=O)[C@@H](CC(=O)c1nccc(OC)c1OCOC(C)=O)C(C)C. The summed E-state index contributed by atoms with van der Waals surface area (Å²) in [6.45, 7) is 9.84. The molecule has 0 unspecified atom stereocenters. The monoisotopic (exact) mass is 611 g/mol. The van der Waals surface area contributed by atoms with Crippen LogP contribution in [0.15, 0.2) is 36.5 Å². The lowest BCUT2D eigenvalue weighted by molar-refractivity contribution is -0.161. The summed E-state index contributed by atoms with van der Waals surface area (Å²) in [4.78, 5) is 42.1. The average molecular weight is 612 g/mol. The second-order valence-corrected chi connectivity index (χ2v) is 10.4. The minimum Gasteiger partial charge on any atom is -0.493 e. The number of ketones is 1. The molecule has 0 saturated heterocycles. The number of halogens is 3. The van der Waals surface area contributed by atoms with Gasteiger partial charge in [0.15, 0.2) is 23.0 Å². The van der Waals surface area contributed by atoms with Crippen molar-refractivity contribution in [2.24, 2.45) is 17.8 Å². The van der Waals surface area contributed by atoms with E-state index in [1.807, 2.05) is 13.8 Å². The highest BCUT2D eigenvalue weighted by Crippen LogP contribution is 2.34. The molecular formula is C31H40F3NO8. The van der Waals surface area contributed by atoms with Crippen molar-refractivity contribution < 1.29 is 51.2 Å². The van der Waals surface area contributed by atoms with E-state index in [4.69, 9.17) is 23.7 Å². The molecule has 0 N–H and O–H groups in total. The molecule has 0 radical (unpaired) electrons. The van der Waals surface area contributed by atoms with Gasteiger partial charge < -0.3 is 23.7 Å². The van der Waals surface area contributed by atoms with Gasteiger partial charge in [-0.25, -0.2) is 4.98 Å². The third kappa shape index (κ3) is 10.1. The van der Waals surface area contributed by atoms with Crippen LogP contribution in [0.5, 0.6) is 17.2 Å². The Morgan fingerprint density at radius 3 is 2.12 bits per heavy atom. The van der Waals surface area contributed by atoms with Crippen molar-refractivity contribution in [2.75, 3.05) is 13.9 Å². The van der Waals surface area contributed by atoms with Crippen LogP contribution in [-0.4, -0.2) is 48.8 Å². The summed E-state index contributed by atoms with van der Waals surface area (Å²) in [5.74, 6) is -2.58. The molecule has 0 spiro atoms. The van der Waals surface area contributed by atoms with Crippen molar-refractivity contribution in [1.29, 1.82) is 0 Å². The van der Waals surface area contributed by atoms with E-state index >= 15 is 0 Å². The number of hydrogen-bond acceptors (Lipinski definition) is 9. The lowest BCUT2D eigenvalue weighted by Gasteiger charge is -2.32. The van der Waals surface area contributed by atoms with Gasteiger partial charge in [0.25, 0.3) is 0 Å². The normalized spacial score (nSPS) is 13.7. The molecule has 0 amide bonds. The van der Waals surface area contributed by atoms with Crippen LogP contribution < -0.4 is 14.2 Å². The van der Waals surface area contributed by atoms with Gasteiger partial charge in [0.05, 0.1) is 18.6 Å². The average Bonchev–Trinajstić information content (AvgIpc) is 2.95. The highest BCUT2D eigenvalue weighted by atomic mass is 19.4. The fourth-order valence-electron chi connectivity index (χ4n) is 4.53. The first-order valence-corrected chi connectivity index (χ1v) is 14.1. The molecule has 1 aromatic heterocycles. The van der Waals surface area contributed by atoms with Gasteiger partial charge in [-0.15, -0.1) is 0 Å². The van der Waals surface area contributed by atoms with Crippen LogP contribution in [0.1, 0.15) is 76.9 Å². The van der Waals surface area contributed by atoms with Crippen LogP contribution in [0.4, 0.5) is 13.2 Å². The summed E-state index contributed by atoms with van der Waals surface area (Å²) in [7, 11) is 1.38. The molecule has 2 rings (SSSR count). The first-order valence-electron chi connectivity index (χ1n) is 14.1. The number of aromatic nitrogens is 1. The Hall–Kier alpha value is -3.83. The van der Waals surface area contributed by atoms with Crippen molar-refractivity contribution in [3.05, 3.63) is 47.8 Å². The molecule has 0 fully saturated rings. The molecule has 9 nitrogen and oxygen atoms in total. The fourth-order valence-corrected chi connectivity index (χ4v) is 4.53. The maximum atomic E-state index is 13.4. The van der Waals surface area contributed by atoms with Gasteiger partial charge in [0.2, 0.25) is 6.79 Å². The summed E-state index contributed by atoms with van der Waals surface area (Å²) < 4.78 is 66.5. The molecule has 0 aliphatic carbocycles. The molecule has 12 heteroatoms. The van der Waals surface area contributed by atoms with E-state index in [0.29, 0.717) is 12.8 Å². The molecule has 238 valence electrons. The van der Waals surface area contributed by atoms with Crippen LogP contribution in [-0.2, 0) is 25.2 Å². The standard InChI is InChI=1S/C31H40F3NO8/c1-8-21(9-2)28(43-23-12-10-22(11-13-23)31(32,33)34)19(5)42-30(38)24(18(3)4)16-25(37)27-29(41-17-40-20(6)36)26(39-7)14-15-35-27/h10-15,18-19,21,24,28H,8-9,16-17H2,1-7H3/t19-,24-,28-/m0/s1. The Morgan fingerprint density at radius 1 is 0.977 bits per heavy atom. The third-order valence-corrected chi connectivity index (χ3v) is 7.06. The number of carbonyl (C=O) groups is 3. The molecule has 0 aliphatic rings. The predicted octanol–water partition coefficient (Wildman–Crippen LogP) is 6.67. The predicted molar refractivity (Wildman–Crippen MR) is 151 cm³/mol. The van der Waals surface area contributed by atoms with Crippen LogP contribution >= 0.6 is 0 Å². The van der Waals surface area contributed by atoms with E-state index in [1.165, 1.54) is 38.4 Å². The largest absolute Gasteiger partial charge is 0.493 e. The maximum absolute atomic E-state index is 13.4. The zero-order valence-electron chi connectivity index (χ0n) is 25.5. The number of rotatable bonds is 16. The lowest BCUT2D eigenvalue weighted by atomic mass is 9.89. The topological polar surface area (TPSA) is 110 Å². The second kappa shape index (κ2) is 16.1. The van der Waals surface area contributed by atoms with Gasteiger partial charge in [-0.05, 0) is 55.9 Å². The maximum Gasteiger partial charge on any atom is 0.416 e. The first kappa shape index (κ1) is 35.4. The van der Waals surface area contributed by atoms with Crippen LogP contribution in [0.25, 0.3) is 0 Å². The number of pyridine rings is 1. The highest BCUT2D eigenvalue weighted by molar-refractivity contribution is 5.99. The number of ether oxygens (including phenoxy) is 5. The zero-order chi connectivity index (χ0) is 32.3. The lowest BCUT2D eigenvalue weighted by Crippen LogP contribution is -2.41. The number of methoxy groups -OCH3 is 1. The number of nitrogens with zero attached hydrogens (tertiary/aromatic N) is 1. The zero-order valence-corrected chi connectivity index (χ0v) is 25.5. The van der Waals surface area contributed by atoms with Crippen molar-refractivity contribution in [3.8, 4) is 17.2 Å². The summed E-state index contributed by atoms with van der Waals surface area (Å²) >= 11 is 0.